The zero-order chi connectivity index (χ0) is 28.3. The van der Waals surface area contributed by atoms with Gasteiger partial charge in [-0.3, -0.25) is 18.9 Å². The van der Waals surface area contributed by atoms with Crippen LogP contribution in [0.4, 0.5) is 23.7 Å². The first kappa shape index (κ1) is 27.8. The summed E-state index contributed by atoms with van der Waals surface area (Å²) in [5, 5.41) is -0.0452. The molecule has 2 amide bonds. The maximum absolute atomic E-state index is 13.8. The number of hydrogen-bond donors (Lipinski definition) is 1. The maximum atomic E-state index is 13.8. The number of benzene rings is 2. The average molecular weight is 560 g/mol. The van der Waals surface area contributed by atoms with Gasteiger partial charge in [0.1, 0.15) is 5.75 Å². The molecule has 1 atom stereocenters. The molecule has 0 saturated heterocycles. The number of aromatic nitrogens is 3. The Bertz CT molecular complexity index is 1550. The molecule has 13 heteroatoms. The summed E-state index contributed by atoms with van der Waals surface area (Å²) in [6.07, 6.45) is -3.25. The molecule has 2 heterocycles. The van der Waals surface area contributed by atoms with Gasteiger partial charge >= 0.3 is 12.2 Å². The van der Waals surface area contributed by atoms with Gasteiger partial charge in [-0.1, -0.05) is 12.1 Å². The number of imidazole rings is 1. The third-order valence-electron chi connectivity index (χ3n) is 5.85. The number of fused-ring (bicyclic) bond motifs is 1. The average Bonchev–Trinajstić information content (AvgIpc) is 3.29. The monoisotopic (exact) mass is 559 g/mol. The number of ether oxygens (including phenoxy) is 1. The molecule has 2 aromatic carbocycles. The van der Waals surface area contributed by atoms with E-state index >= 15 is 0 Å². The molecule has 9 nitrogen and oxygen atoms in total. The first-order chi connectivity index (χ1) is 18.5. The van der Waals surface area contributed by atoms with Crippen LogP contribution in [0, 0.1) is 6.92 Å². The highest BCUT2D eigenvalue weighted by molar-refractivity contribution is 7.84. The molecule has 2 aromatic heterocycles. The quantitative estimate of drug-likeness (QED) is 0.337. The highest BCUT2D eigenvalue weighted by Gasteiger charge is 2.29. The fraction of sp³-hybridized carbons (Fsp3) is 0.231. The minimum atomic E-state index is -4.52. The van der Waals surface area contributed by atoms with E-state index in [0.717, 1.165) is 0 Å². The third-order valence-corrected chi connectivity index (χ3v) is 7.07. The number of para-hydroxylation sites is 2. The number of halogens is 3. The van der Waals surface area contributed by atoms with E-state index in [-0.39, 0.29) is 34.5 Å². The van der Waals surface area contributed by atoms with Crippen molar-refractivity contribution in [2.45, 2.75) is 30.9 Å². The summed E-state index contributed by atoms with van der Waals surface area (Å²) in [6, 6.07) is 13.7. The van der Waals surface area contributed by atoms with Crippen molar-refractivity contribution >= 4 is 39.5 Å². The highest BCUT2D eigenvalue weighted by atomic mass is 32.2. The highest BCUT2D eigenvalue weighted by Crippen LogP contribution is 2.27. The van der Waals surface area contributed by atoms with Crippen LogP contribution in [0.15, 0.2) is 66.0 Å². The van der Waals surface area contributed by atoms with Gasteiger partial charge < -0.3 is 10.5 Å². The Hall–Kier alpha value is -4.26. The molecule has 4 rings (SSSR count). The first-order valence-corrected chi connectivity index (χ1v) is 13.0. The van der Waals surface area contributed by atoms with Crippen LogP contribution in [0.1, 0.15) is 28.5 Å². The molecule has 0 aliphatic rings. The number of carbonyl (C=O) groups is 2. The Morgan fingerprint density at radius 1 is 1.10 bits per heavy atom. The fourth-order valence-corrected chi connectivity index (χ4v) is 5.15. The van der Waals surface area contributed by atoms with E-state index < -0.39 is 35.5 Å². The summed E-state index contributed by atoms with van der Waals surface area (Å²) in [6.45, 7) is 2.05. The summed E-state index contributed by atoms with van der Waals surface area (Å²) in [4.78, 5) is 35.3. The summed E-state index contributed by atoms with van der Waals surface area (Å²) >= 11 is 0. The van der Waals surface area contributed by atoms with E-state index in [1.54, 1.807) is 43.3 Å². The molecular weight excluding hydrogens is 535 g/mol. The van der Waals surface area contributed by atoms with Crippen molar-refractivity contribution in [2.75, 3.05) is 18.1 Å². The Kier molecular flexibility index (Phi) is 8.00. The van der Waals surface area contributed by atoms with Crippen LogP contribution < -0.4 is 15.4 Å². The number of amides is 2. The van der Waals surface area contributed by atoms with Gasteiger partial charge in [0, 0.05) is 29.6 Å². The number of rotatable bonds is 8. The summed E-state index contributed by atoms with van der Waals surface area (Å²) < 4.78 is 57.7. The second-order valence-corrected chi connectivity index (χ2v) is 9.78. The fourth-order valence-electron chi connectivity index (χ4n) is 3.91. The standard InChI is InChI=1S/C26H24F3N5O4S/c1-3-33(18-10-8-17(9-11-18)23(30)35)25(36)34-21-7-5-4-6-19(21)32-24(34)39(37)14-20-16(2)22(12-13-31-20)38-15-26(27,28)29/h4-13H,3,14-15H2,1-2H3,(H2,30,35). The lowest BCUT2D eigenvalue weighted by Crippen LogP contribution is -2.35. The summed E-state index contributed by atoms with van der Waals surface area (Å²) in [5.74, 6) is -0.855. The molecule has 0 radical (unpaired) electrons. The molecule has 39 heavy (non-hydrogen) atoms. The van der Waals surface area contributed by atoms with Crippen LogP contribution in [0.3, 0.4) is 0 Å². The number of pyridine rings is 1. The molecule has 204 valence electrons. The van der Waals surface area contributed by atoms with Crippen LogP contribution in [0.2, 0.25) is 0 Å². The van der Waals surface area contributed by atoms with Crippen molar-refractivity contribution in [2.24, 2.45) is 5.73 Å². The van der Waals surface area contributed by atoms with E-state index in [4.69, 9.17) is 10.5 Å². The second-order valence-electron chi connectivity index (χ2n) is 8.43. The largest absolute Gasteiger partial charge is 0.484 e. The van der Waals surface area contributed by atoms with Crippen LogP contribution in [-0.4, -0.2) is 50.0 Å². The predicted octanol–water partition coefficient (Wildman–Crippen LogP) is 4.58. The molecule has 2 N–H and O–H groups in total. The summed E-state index contributed by atoms with van der Waals surface area (Å²) in [7, 11) is -1.92. The van der Waals surface area contributed by atoms with Gasteiger partial charge in [0.15, 0.2) is 6.61 Å². The minimum Gasteiger partial charge on any atom is -0.484 e. The van der Waals surface area contributed by atoms with Crippen molar-refractivity contribution in [3.8, 4) is 5.75 Å². The molecular formula is C26H24F3N5O4S. The number of anilines is 1. The van der Waals surface area contributed by atoms with Gasteiger partial charge in [-0.25, -0.2) is 14.3 Å². The number of alkyl halides is 3. The normalized spacial score (nSPS) is 12.3. The van der Waals surface area contributed by atoms with Crippen LogP contribution in [0.25, 0.3) is 11.0 Å². The molecule has 4 aromatic rings. The molecule has 0 fully saturated rings. The lowest BCUT2D eigenvalue weighted by Gasteiger charge is -2.22. The van der Waals surface area contributed by atoms with Gasteiger partial charge in [0.2, 0.25) is 11.1 Å². The van der Waals surface area contributed by atoms with E-state index in [2.05, 4.69) is 9.97 Å². The lowest BCUT2D eigenvalue weighted by atomic mass is 10.2. The molecule has 0 aliphatic heterocycles. The first-order valence-electron chi connectivity index (χ1n) is 11.7. The summed E-state index contributed by atoms with van der Waals surface area (Å²) in [5.41, 5.74) is 7.47. The number of nitrogens with zero attached hydrogens (tertiary/aromatic N) is 4. The number of carbonyl (C=O) groups excluding carboxylic acids is 2. The van der Waals surface area contributed by atoms with Gasteiger partial charge in [-0.05, 0) is 56.3 Å². The van der Waals surface area contributed by atoms with Crippen molar-refractivity contribution in [3.05, 3.63) is 77.6 Å². The number of hydrogen-bond acceptors (Lipinski definition) is 6. The minimum absolute atomic E-state index is 0.0320. The Morgan fingerprint density at radius 3 is 2.44 bits per heavy atom. The Morgan fingerprint density at radius 2 is 1.79 bits per heavy atom. The van der Waals surface area contributed by atoms with Crippen molar-refractivity contribution in [1.29, 1.82) is 0 Å². The zero-order valence-corrected chi connectivity index (χ0v) is 21.8. The SMILES string of the molecule is CCN(C(=O)n1c(S(=O)Cc2nccc(OCC(F)(F)F)c2C)nc2ccccc21)c1ccc(C(N)=O)cc1. The van der Waals surface area contributed by atoms with Gasteiger partial charge in [0.25, 0.3) is 0 Å². The number of nitrogens with two attached hydrogens (primary N) is 1. The van der Waals surface area contributed by atoms with Crippen molar-refractivity contribution < 1.29 is 31.7 Å². The van der Waals surface area contributed by atoms with Crippen LogP contribution in [-0.2, 0) is 16.6 Å². The van der Waals surface area contributed by atoms with Crippen molar-refractivity contribution in [3.63, 3.8) is 0 Å². The van der Waals surface area contributed by atoms with Crippen LogP contribution >= 0.6 is 0 Å². The maximum Gasteiger partial charge on any atom is 0.422 e. The lowest BCUT2D eigenvalue weighted by molar-refractivity contribution is -0.153. The third kappa shape index (κ3) is 6.08. The molecule has 0 spiro atoms. The van der Waals surface area contributed by atoms with Crippen molar-refractivity contribution in [1.82, 2.24) is 14.5 Å². The van der Waals surface area contributed by atoms with E-state index in [0.29, 0.717) is 22.3 Å². The van der Waals surface area contributed by atoms with Crippen LogP contribution in [0.5, 0.6) is 5.75 Å². The predicted molar refractivity (Wildman–Crippen MR) is 139 cm³/mol. The Labute approximate surface area is 223 Å². The van der Waals surface area contributed by atoms with Gasteiger partial charge in [-0.2, -0.15) is 13.2 Å². The van der Waals surface area contributed by atoms with Gasteiger partial charge in [-0.15, -0.1) is 0 Å². The molecule has 0 bridgehead atoms. The molecule has 0 aliphatic carbocycles. The van der Waals surface area contributed by atoms with E-state index in [1.807, 2.05) is 0 Å². The topological polar surface area (TPSA) is 120 Å². The number of primary amides is 1. The Balaban J connectivity index is 1.70. The smallest absolute Gasteiger partial charge is 0.422 e. The second kappa shape index (κ2) is 11.2. The zero-order valence-electron chi connectivity index (χ0n) is 20.9. The van der Waals surface area contributed by atoms with E-state index in [9.17, 15) is 27.0 Å². The van der Waals surface area contributed by atoms with Gasteiger partial charge in [0.05, 0.1) is 33.3 Å². The molecule has 0 saturated carbocycles. The molecule has 1 unspecified atom stereocenters. The van der Waals surface area contributed by atoms with E-state index in [1.165, 1.54) is 40.8 Å².